The van der Waals surface area contributed by atoms with Crippen molar-refractivity contribution in [1.82, 2.24) is 0 Å². The molecule has 124 valence electrons. The van der Waals surface area contributed by atoms with E-state index < -0.39 is 0 Å². The minimum Gasteiger partial charge on any atom is -0.440 e. The third-order valence-corrected chi connectivity index (χ3v) is 3.98. The van der Waals surface area contributed by atoms with Crippen molar-refractivity contribution in [1.29, 1.82) is 0 Å². The molecule has 0 aliphatic heterocycles. The van der Waals surface area contributed by atoms with Gasteiger partial charge in [0.25, 0.3) is 0 Å². The van der Waals surface area contributed by atoms with Crippen LogP contribution in [0, 0.1) is 0 Å². The Kier molecular flexibility index (Phi) is 4.96. The van der Waals surface area contributed by atoms with Gasteiger partial charge in [-0.3, -0.25) is 4.79 Å². The first kappa shape index (κ1) is 16.3. The van der Waals surface area contributed by atoms with Crippen LogP contribution in [0.5, 0.6) is 0 Å². The lowest BCUT2D eigenvalue weighted by atomic mass is 10.0. The van der Waals surface area contributed by atoms with Crippen LogP contribution in [0.15, 0.2) is 63.8 Å². The molecule has 1 aromatic heterocycles. The molecule has 3 aromatic rings. The zero-order valence-electron chi connectivity index (χ0n) is 14.0. The summed E-state index contributed by atoms with van der Waals surface area (Å²) in [6, 6.07) is 17.2. The van der Waals surface area contributed by atoms with Crippen molar-refractivity contribution in [2.24, 2.45) is 0 Å². The number of nitrogens with zero attached hydrogens (tertiary/aromatic N) is 1. The molecule has 0 saturated carbocycles. The number of fused-ring (bicyclic) bond motifs is 1. The van der Waals surface area contributed by atoms with Crippen molar-refractivity contribution in [3.8, 4) is 11.1 Å². The van der Waals surface area contributed by atoms with Gasteiger partial charge in [-0.1, -0.05) is 42.5 Å². The number of anilines is 1. The van der Waals surface area contributed by atoms with Gasteiger partial charge in [0.15, 0.2) is 11.3 Å². The van der Waals surface area contributed by atoms with Crippen LogP contribution in [-0.2, 0) is 4.74 Å². The van der Waals surface area contributed by atoms with Crippen molar-refractivity contribution in [2.45, 2.75) is 6.92 Å². The second-order valence-electron chi connectivity index (χ2n) is 5.62. The molecule has 0 unspecified atom stereocenters. The maximum atomic E-state index is 12.5. The first-order chi connectivity index (χ1) is 11.7. The highest BCUT2D eigenvalue weighted by Gasteiger charge is 2.12. The lowest BCUT2D eigenvalue weighted by molar-refractivity contribution is 0.154. The fourth-order valence-corrected chi connectivity index (χ4v) is 2.65. The number of hydrogen-bond acceptors (Lipinski definition) is 4. The molecule has 0 aliphatic rings. The molecule has 4 nitrogen and oxygen atoms in total. The number of benzene rings is 2. The lowest BCUT2D eigenvalue weighted by Gasteiger charge is -2.18. The molecule has 0 saturated heterocycles. The highest BCUT2D eigenvalue weighted by Crippen LogP contribution is 2.29. The molecule has 3 rings (SSSR count). The smallest absolute Gasteiger partial charge is 0.199 e. The lowest BCUT2D eigenvalue weighted by Crippen LogP contribution is -2.23. The van der Waals surface area contributed by atoms with Crippen LogP contribution >= 0.6 is 0 Å². The zero-order valence-corrected chi connectivity index (χ0v) is 14.0. The molecule has 0 fully saturated rings. The van der Waals surface area contributed by atoms with Gasteiger partial charge in [0.05, 0.1) is 12.0 Å². The molecule has 0 amide bonds. The van der Waals surface area contributed by atoms with Gasteiger partial charge in [-0.2, -0.15) is 0 Å². The van der Waals surface area contributed by atoms with Crippen LogP contribution in [0.4, 0.5) is 5.88 Å². The van der Waals surface area contributed by atoms with E-state index in [4.69, 9.17) is 9.15 Å². The molecule has 24 heavy (non-hydrogen) atoms. The van der Waals surface area contributed by atoms with Crippen LogP contribution in [0.1, 0.15) is 6.92 Å². The molecule has 0 N–H and O–H groups in total. The van der Waals surface area contributed by atoms with E-state index in [1.54, 1.807) is 12.1 Å². The van der Waals surface area contributed by atoms with E-state index >= 15 is 0 Å². The van der Waals surface area contributed by atoms with Crippen molar-refractivity contribution >= 4 is 16.9 Å². The van der Waals surface area contributed by atoms with E-state index in [1.807, 2.05) is 61.3 Å². The third-order valence-electron chi connectivity index (χ3n) is 3.98. The Morgan fingerprint density at radius 1 is 1.08 bits per heavy atom. The molecule has 2 aromatic carbocycles. The average molecular weight is 323 g/mol. The largest absolute Gasteiger partial charge is 0.440 e. The molecule has 0 bridgehead atoms. The normalized spacial score (nSPS) is 10.9. The van der Waals surface area contributed by atoms with Gasteiger partial charge in [-0.15, -0.1) is 0 Å². The van der Waals surface area contributed by atoms with Crippen molar-refractivity contribution in [2.75, 3.05) is 31.7 Å². The SMILES string of the molecule is CCOCCN(C)c1cc(=O)c2cccc(-c3ccccc3)c2o1. The Morgan fingerprint density at radius 3 is 2.62 bits per heavy atom. The molecule has 0 radical (unpaired) electrons. The molecule has 0 spiro atoms. The Balaban J connectivity index is 2.07. The van der Waals surface area contributed by atoms with Crippen molar-refractivity contribution in [3.05, 3.63) is 64.8 Å². The molecular weight excluding hydrogens is 302 g/mol. The molecule has 0 atom stereocenters. The number of para-hydroxylation sites is 1. The minimum atomic E-state index is -0.0349. The summed E-state index contributed by atoms with van der Waals surface area (Å²) in [4.78, 5) is 14.4. The van der Waals surface area contributed by atoms with E-state index in [9.17, 15) is 4.79 Å². The zero-order chi connectivity index (χ0) is 16.9. The van der Waals surface area contributed by atoms with Gasteiger partial charge in [0.1, 0.15) is 5.58 Å². The minimum absolute atomic E-state index is 0.0349. The van der Waals surface area contributed by atoms with Crippen molar-refractivity contribution < 1.29 is 9.15 Å². The van der Waals surface area contributed by atoms with Crippen molar-refractivity contribution in [3.63, 3.8) is 0 Å². The summed E-state index contributed by atoms with van der Waals surface area (Å²) in [5.41, 5.74) is 2.53. The number of hydrogen-bond donors (Lipinski definition) is 0. The standard InChI is InChI=1S/C20H21NO3/c1-3-23-13-12-21(2)19-14-18(22)17-11-7-10-16(20(17)24-19)15-8-5-4-6-9-15/h4-11,14H,3,12-13H2,1-2H3. The maximum absolute atomic E-state index is 12.5. The monoisotopic (exact) mass is 323 g/mol. The fourth-order valence-electron chi connectivity index (χ4n) is 2.65. The quantitative estimate of drug-likeness (QED) is 0.645. The molecule has 4 heteroatoms. The van der Waals surface area contributed by atoms with Crippen LogP contribution in [0.2, 0.25) is 0 Å². The Morgan fingerprint density at radius 2 is 1.88 bits per heavy atom. The predicted molar refractivity (Wildman–Crippen MR) is 97.7 cm³/mol. The first-order valence-electron chi connectivity index (χ1n) is 8.12. The van der Waals surface area contributed by atoms with E-state index in [2.05, 4.69) is 0 Å². The van der Waals surface area contributed by atoms with Crippen LogP contribution in [0.3, 0.4) is 0 Å². The Hall–Kier alpha value is -2.59. The van der Waals surface area contributed by atoms with Gasteiger partial charge in [0.2, 0.25) is 0 Å². The second kappa shape index (κ2) is 7.32. The predicted octanol–water partition coefficient (Wildman–Crippen LogP) is 3.93. The second-order valence-corrected chi connectivity index (χ2v) is 5.62. The topological polar surface area (TPSA) is 42.7 Å². The Bertz CT molecular complexity index is 871. The van der Waals surface area contributed by atoms with Crippen LogP contribution in [-0.4, -0.2) is 26.8 Å². The van der Waals surface area contributed by atoms with Gasteiger partial charge in [-0.25, -0.2) is 0 Å². The fraction of sp³-hybridized carbons (Fsp3) is 0.250. The summed E-state index contributed by atoms with van der Waals surface area (Å²) in [5, 5.41) is 0.596. The summed E-state index contributed by atoms with van der Waals surface area (Å²) in [7, 11) is 1.90. The molecular formula is C20H21NO3. The maximum Gasteiger partial charge on any atom is 0.199 e. The number of rotatable bonds is 6. The summed E-state index contributed by atoms with van der Waals surface area (Å²) >= 11 is 0. The highest BCUT2D eigenvalue weighted by molar-refractivity contribution is 5.92. The van der Waals surface area contributed by atoms with Gasteiger partial charge >= 0.3 is 0 Å². The number of likely N-dealkylation sites (N-methyl/N-ethyl adjacent to an activating group) is 1. The third kappa shape index (κ3) is 3.34. The first-order valence-corrected chi connectivity index (χ1v) is 8.12. The van der Waals surface area contributed by atoms with E-state index in [-0.39, 0.29) is 5.43 Å². The highest BCUT2D eigenvalue weighted by atomic mass is 16.5. The van der Waals surface area contributed by atoms with E-state index in [0.717, 1.165) is 11.1 Å². The average Bonchev–Trinajstić information content (AvgIpc) is 2.62. The van der Waals surface area contributed by atoms with Gasteiger partial charge < -0.3 is 14.1 Å². The van der Waals surface area contributed by atoms with Crippen LogP contribution < -0.4 is 10.3 Å². The Labute approximate surface area is 141 Å². The summed E-state index contributed by atoms with van der Waals surface area (Å²) in [6.07, 6.45) is 0. The summed E-state index contributed by atoms with van der Waals surface area (Å²) in [5.74, 6) is 0.551. The van der Waals surface area contributed by atoms with Crippen LogP contribution in [0.25, 0.3) is 22.1 Å². The summed E-state index contributed by atoms with van der Waals surface area (Å²) < 4.78 is 11.5. The van der Waals surface area contributed by atoms with E-state index in [0.29, 0.717) is 36.6 Å². The number of ether oxygens (including phenoxy) is 1. The van der Waals surface area contributed by atoms with E-state index in [1.165, 1.54) is 0 Å². The molecule has 0 aliphatic carbocycles. The summed E-state index contributed by atoms with van der Waals surface area (Å²) in [6.45, 7) is 3.89. The molecule has 1 heterocycles. The van der Waals surface area contributed by atoms with Gasteiger partial charge in [0, 0.05) is 31.8 Å². The van der Waals surface area contributed by atoms with Gasteiger partial charge in [-0.05, 0) is 18.6 Å².